The van der Waals surface area contributed by atoms with Gasteiger partial charge in [0.15, 0.2) is 0 Å². The molecule has 2 rings (SSSR count). The van der Waals surface area contributed by atoms with E-state index in [1.54, 1.807) is 0 Å². The van der Waals surface area contributed by atoms with Gasteiger partial charge in [-0.25, -0.2) is 0 Å². The monoisotopic (exact) mass is 311 g/mol. The van der Waals surface area contributed by atoms with Crippen LogP contribution >= 0.6 is 15.9 Å². The summed E-state index contributed by atoms with van der Waals surface area (Å²) < 4.78 is 5.88. The van der Waals surface area contributed by atoms with Crippen LogP contribution in [-0.2, 0) is 9.53 Å². The minimum atomic E-state index is -0.222. The third kappa shape index (κ3) is 2.93. The lowest BCUT2D eigenvalue weighted by Crippen LogP contribution is -2.47. The van der Waals surface area contributed by atoms with E-state index in [2.05, 4.69) is 39.4 Å². The third-order valence-corrected chi connectivity index (χ3v) is 4.25. The summed E-state index contributed by atoms with van der Waals surface area (Å²) in [5, 5.41) is 3.30. The zero-order valence-corrected chi connectivity index (χ0v) is 12.2. The second-order valence-corrected chi connectivity index (χ2v) is 5.65. The van der Waals surface area contributed by atoms with Crippen LogP contribution in [0.25, 0.3) is 0 Å². The molecule has 0 amide bonds. The molecule has 0 aromatic heterocycles. The van der Waals surface area contributed by atoms with E-state index in [9.17, 15) is 4.79 Å². The summed E-state index contributed by atoms with van der Waals surface area (Å²) in [6, 6.07) is 8.53. The van der Waals surface area contributed by atoms with Gasteiger partial charge in [-0.1, -0.05) is 34.1 Å². The number of carbonyl (C=O) groups excluding carboxylic acids is 1. The maximum Gasteiger partial charge on any atom is 0.322 e. The standard InChI is InChI=1S/C14H18BrNO2/c1-9(14(17)18-2)16-11-7-10(8-11)12-5-3-4-6-13(12)15/h3-6,9-11,16H,7-8H2,1-2H3/t9-,10?,11?/m0/s1. The summed E-state index contributed by atoms with van der Waals surface area (Å²) in [4.78, 5) is 11.3. The number of hydrogen-bond donors (Lipinski definition) is 1. The summed E-state index contributed by atoms with van der Waals surface area (Å²) in [7, 11) is 1.42. The molecule has 1 aliphatic rings. The minimum Gasteiger partial charge on any atom is -0.468 e. The molecule has 0 spiro atoms. The number of nitrogens with one attached hydrogen (secondary N) is 1. The average molecular weight is 312 g/mol. The van der Waals surface area contributed by atoms with Crippen molar-refractivity contribution < 1.29 is 9.53 Å². The van der Waals surface area contributed by atoms with Gasteiger partial charge in [-0.05, 0) is 37.3 Å². The van der Waals surface area contributed by atoms with Crippen LogP contribution in [0.3, 0.4) is 0 Å². The fourth-order valence-electron chi connectivity index (χ4n) is 2.41. The largest absolute Gasteiger partial charge is 0.468 e. The molecule has 1 aromatic carbocycles. The van der Waals surface area contributed by atoms with Crippen molar-refractivity contribution in [3.63, 3.8) is 0 Å². The molecule has 0 aliphatic heterocycles. The fraction of sp³-hybridized carbons (Fsp3) is 0.500. The Labute approximate surface area is 116 Å². The molecule has 0 saturated heterocycles. The number of methoxy groups -OCH3 is 1. The van der Waals surface area contributed by atoms with Crippen molar-refractivity contribution in [1.29, 1.82) is 0 Å². The summed E-state index contributed by atoms with van der Waals surface area (Å²) >= 11 is 3.58. The molecule has 1 saturated carbocycles. The van der Waals surface area contributed by atoms with Crippen LogP contribution in [0.2, 0.25) is 0 Å². The molecule has 0 bridgehead atoms. The smallest absolute Gasteiger partial charge is 0.322 e. The van der Waals surface area contributed by atoms with E-state index in [0.29, 0.717) is 12.0 Å². The molecular formula is C14H18BrNO2. The van der Waals surface area contributed by atoms with Gasteiger partial charge in [0.1, 0.15) is 6.04 Å². The molecule has 98 valence electrons. The number of hydrogen-bond acceptors (Lipinski definition) is 3. The summed E-state index contributed by atoms with van der Waals surface area (Å²) in [6.07, 6.45) is 2.15. The molecule has 1 aromatic rings. The number of esters is 1. The van der Waals surface area contributed by atoms with Crippen LogP contribution in [0.15, 0.2) is 28.7 Å². The lowest BCUT2D eigenvalue weighted by Gasteiger charge is -2.38. The second-order valence-electron chi connectivity index (χ2n) is 4.80. The normalized spacial score (nSPS) is 24.2. The van der Waals surface area contributed by atoms with Crippen LogP contribution in [0.1, 0.15) is 31.2 Å². The Hall–Kier alpha value is -0.870. The average Bonchev–Trinajstić information content (AvgIpc) is 2.33. The van der Waals surface area contributed by atoms with Crippen molar-refractivity contribution in [2.45, 2.75) is 37.8 Å². The van der Waals surface area contributed by atoms with Gasteiger partial charge in [0.05, 0.1) is 7.11 Å². The van der Waals surface area contributed by atoms with Gasteiger partial charge in [-0.3, -0.25) is 4.79 Å². The molecule has 0 radical (unpaired) electrons. The Bertz CT molecular complexity index is 430. The Morgan fingerprint density at radius 1 is 1.44 bits per heavy atom. The van der Waals surface area contributed by atoms with Crippen molar-refractivity contribution in [1.82, 2.24) is 5.32 Å². The summed E-state index contributed by atoms with van der Waals surface area (Å²) in [6.45, 7) is 1.84. The SMILES string of the molecule is COC(=O)[C@H](C)NC1CC(c2ccccc2Br)C1. The van der Waals surface area contributed by atoms with Crippen LogP contribution in [-0.4, -0.2) is 25.2 Å². The number of carbonyl (C=O) groups is 1. The highest BCUT2D eigenvalue weighted by molar-refractivity contribution is 9.10. The molecule has 1 fully saturated rings. The second kappa shape index (κ2) is 5.85. The van der Waals surface area contributed by atoms with Crippen molar-refractivity contribution in [3.8, 4) is 0 Å². The van der Waals surface area contributed by atoms with Gasteiger partial charge in [-0.2, -0.15) is 0 Å². The highest BCUT2D eigenvalue weighted by Crippen LogP contribution is 2.40. The molecule has 0 heterocycles. The van der Waals surface area contributed by atoms with Crippen LogP contribution < -0.4 is 5.32 Å². The molecule has 1 atom stereocenters. The van der Waals surface area contributed by atoms with Crippen molar-refractivity contribution in [2.24, 2.45) is 0 Å². The molecule has 0 unspecified atom stereocenters. The summed E-state index contributed by atoms with van der Waals surface area (Å²) in [5.74, 6) is 0.391. The zero-order valence-electron chi connectivity index (χ0n) is 10.7. The quantitative estimate of drug-likeness (QED) is 0.869. The molecule has 18 heavy (non-hydrogen) atoms. The molecule has 4 heteroatoms. The first-order valence-corrected chi connectivity index (χ1v) is 6.99. The highest BCUT2D eigenvalue weighted by Gasteiger charge is 2.33. The van der Waals surface area contributed by atoms with E-state index in [4.69, 9.17) is 4.74 Å². The molecule has 1 N–H and O–H groups in total. The van der Waals surface area contributed by atoms with Crippen LogP contribution in [0.4, 0.5) is 0 Å². The number of ether oxygens (including phenoxy) is 1. The van der Waals surface area contributed by atoms with Gasteiger partial charge in [0.25, 0.3) is 0 Å². The van der Waals surface area contributed by atoms with E-state index < -0.39 is 0 Å². The Morgan fingerprint density at radius 3 is 2.72 bits per heavy atom. The zero-order chi connectivity index (χ0) is 13.1. The lowest BCUT2D eigenvalue weighted by atomic mass is 9.75. The van der Waals surface area contributed by atoms with Crippen molar-refractivity contribution in [3.05, 3.63) is 34.3 Å². The Morgan fingerprint density at radius 2 is 2.11 bits per heavy atom. The van der Waals surface area contributed by atoms with Gasteiger partial charge < -0.3 is 10.1 Å². The first-order chi connectivity index (χ1) is 8.61. The van der Waals surface area contributed by atoms with Gasteiger partial charge >= 0.3 is 5.97 Å². The topological polar surface area (TPSA) is 38.3 Å². The maximum absolute atomic E-state index is 11.3. The predicted molar refractivity (Wildman–Crippen MR) is 74.5 cm³/mol. The van der Waals surface area contributed by atoms with Gasteiger partial charge in [0, 0.05) is 10.5 Å². The highest BCUT2D eigenvalue weighted by atomic mass is 79.9. The van der Waals surface area contributed by atoms with Crippen LogP contribution in [0, 0.1) is 0 Å². The molecule has 3 nitrogen and oxygen atoms in total. The summed E-state index contributed by atoms with van der Waals surface area (Å²) in [5.41, 5.74) is 1.36. The van der Waals surface area contributed by atoms with Crippen molar-refractivity contribution in [2.75, 3.05) is 7.11 Å². The molecule has 1 aliphatic carbocycles. The Kier molecular flexibility index (Phi) is 4.40. The number of benzene rings is 1. The fourth-order valence-corrected chi connectivity index (χ4v) is 3.02. The van der Waals surface area contributed by atoms with E-state index >= 15 is 0 Å². The predicted octanol–water partition coefficient (Wildman–Crippen LogP) is 2.85. The minimum absolute atomic E-state index is 0.195. The van der Waals surface area contributed by atoms with Gasteiger partial charge in [0.2, 0.25) is 0 Å². The Balaban J connectivity index is 1.84. The van der Waals surface area contributed by atoms with Crippen molar-refractivity contribution >= 4 is 21.9 Å². The van der Waals surface area contributed by atoms with E-state index in [0.717, 1.165) is 12.8 Å². The number of rotatable bonds is 4. The van der Waals surface area contributed by atoms with Crippen LogP contribution in [0.5, 0.6) is 0 Å². The van der Waals surface area contributed by atoms with E-state index in [1.165, 1.54) is 17.1 Å². The first kappa shape index (κ1) is 13.6. The van der Waals surface area contributed by atoms with Gasteiger partial charge in [-0.15, -0.1) is 0 Å². The van der Waals surface area contributed by atoms with E-state index in [1.807, 2.05) is 13.0 Å². The maximum atomic E-state index is 11.3. The van der Waals surface area contributed by atoms with E-state index in [-0.39, 0.29) is 12.0 Å². The third-order valence-electron chi connectivity index (χ3n) is 3.52. The lowest BCUT2D eigenvalue weighted by molar-refractivity contribution is -0.143. The first-order valence-electron chi connectivity index (χ1n) is 6.20. The molecular weight excluding hydrogens is 294 g/mol. The number of halogens is 1.